The van der Waals surface area contributed by atoms with Gasteiger partial charge in [-0.25, -0.2) is 13.1 Å². The number of hydrogen-bond acceptors (Lipinski definition) is 2. The van der Waals surface area contributed by atoms with E-state index < -0.39 is 21.8 Å². The Hall–Kier alpha value is 0.0600. The Morgan fingerprint density at radius 1 is 1.46 bits per heavy atom. The van der Waals surface area contributed by atoms with E-state index in [1.807, 2.05) is 4.72 Å². The molecule has 80 valence electrons. The monoisotopic (exact) mass is 235 g/mol. The molecule has 1 atom stereocenters. The van der Waals surface area contributed by atoms with Crippen molar-refractivity contribution in [2.24, 2.45) is 0 Å². The van der Waals surface area contributed by atoms with Crippen molar-refractivity contribution >= 4 is 21.6 Å². The average molecular weight is 236 g/mol. The van der Waals surface area contributed by atoms with Crippen LogP contribution in [0.15, 0.2) is 0 Å². The Bertz CT molecular complexity index is 233. The highest BCUT2D eigenvalue weighted by molar-refractivity contribution is 7.89. The van der Waals surface area contributed by atoms with E-state index in [9.17, 15) is 17.2 Å². The van der Waals surface area contributed by atoms with Gasteiger partial charge in [0.05, 0.1) is 0 Å². The van der Waals surface area contributed by atoms with Gasteiger partial charge < -0.3 is 0 Å². The first-order valence-corrected chi connectivity index (χ1v) is 5.83. The Morgan fingerprint density at radius 3 is 2.38 bits per heavy atom. The summed E-state index contributed by atoms with van der Waals surface area (Å²) in [6, 6.07) is -0.502. The molecule has 0 fully saturated rings. The minimum Gasteiger partial charge on any atom is -0.207 e. The number of alkyl halides is 3. The fourth-order valence-electron chi connectivity index (χ4n) is 0.774. The quantitative estimate of drug-likeness (QED) is 0.710. The van der Waals surface area contributed by atoms with Crippen LogP contribution in [0.25, 0.3) is 0 Å². The number of halogens is 3. The lowest BCUT2D eigenvalue weighted by molar-refractivity contribution is 0.231. The molecule has 7 heteroatoms. The molecule has 0 bridgehead atoms. The molecule has 0 aromatic heterocycles. The molecule has 0 aliphatic carbocycles. The van der Waals surface area contributed by atoms with Crippen LogP contribution < -0.4 is 4.72 Å². The maximum atomic E-state index is 11.8. The molecule has 0 heterocycles. The highest BCUT2D eigenvalue weighted by Crippen LogP contribution is 2.06. The highest BCUT2D eigenvalue weighted by Gasteiger charge is 2.25. The summed E-state index contributed by atoms with van der Waals surface area (Å²) in [6.07, 6.45) is 1.05. The van der Waals surface area contributed by atoms with E-state index in [0.29, 0.717) is 18.7 Å². The Balaban J connectivity index is 3.98. The third kappa shape index (κ3) is 5.38. The van der Waals surface area contributed by atoms with Gasteiger partial charge in [0.1, 0.15) is 0 Å². The molecule has 0 aliphatic rings. The van der Waals surface area contributed by atoms with Crippen molar-refractivity contribution in [1.82, 2.24) is 4.72 Å². The molecule has 3 nitrogen and oxygen atoms in total. The van der Waals surface area contributed by atoms with Gasteiger partial charge in [0, 0.05) is 11.9 Å². The first-order valence-electron chi connectivity index (χ1n) is 3.75. The molecular formula is C6H12ClF2NO2S. The van der Waals surface area contributed by atoms with E-state index >= 15 is 0 Å². The standard InChI is InChI=1S/C6H12ClF2NO2S/c1-5(3-2-4-7)10-13(11,12)6(8)9/h5-6,10H,2-4H2,1H3. The first kappa shape index (κ1) is 13.1. The van der Waals surface area contributed by atoms with Gasteiger partial charge in [-0.3, -0.25) is 0 Å². The second-order valence-electron chi connectivity index (χ2n) is 2.66. The summed E-state index contributed by atoms with van der Waals surface area (Å²) in [4.78, 5) is 0. The van der Waals surface area contributed by atoms with Gasteiger partial charge >= 0.3 is 5.76 Å². The largest absolute Gasteiger partial charge is 0.350 e. The van der Waals surface area contributed by atoms with E-state index in [-0.39, 0.29) is 0 Å². The van der Waals surface area contributed by atoms with Crippen LogP contribution in [0, 0.1) is 0 Å². The molecule has 0 aromatic carbocycles. The van der Waals surface area contributed by atoms with Gasteiger partial charge in [-0.05, 0) is 19.8 Å². The van der Waals surface area contributed by atoms with Gasteiger partial charge in [0.15, 0.2) is 0 Å². The molecule has 0 aromatic rings. The van der Waals surface area contributed by atoms with Crippen molar-refractivity contribution in [2.75, 3.05) is 5.88 Å². The zero-order valence-electron chi connectivity index (χ0n) is 7.13. The smallest absolute Gasteiger partial charge is 0.207 e. The van der Waals surface area contributed by atoms with Gasteiger partial charge in [-0.2, -0.15) is 8.78 Å². The molecule has 1 unspecified atom stereocenters. The zero-order chi connectivity index (χ0) is 10.5. The normalized spacial score (nSPS) is 14.8. The van der Waals surface area contributed by atoms with Crippen LogP contribution in [-0.2, 0) is 10.0 Å². The fourth-order valence-corrected chi connectivity index (χ4v) is 1.71. The Kier molecular flexibility index (Phi) is 5.75. The van der Waals surface area contributed by atoms with E-state index in [1.54, 1.807) is 0 Å². The third-order valence-corrected chi connectivity index (χ3v) is 2.84. The summed E-state index contributed by atoms with van der Waals surface area (Å²) in [6.45, 7) is 1.52. The lowest BCUT2D eigenvalue weighted by Crippen LogP contribution is -2.36. The minimum atomic E-state index is -4.45. The SMILES string of the molecule is CC(CCCCl)NS(=O)(=O)C(F)F. The van der Waals surface area contributed by atoms with E-state index in [1.165, 1.54) is 6.92 Å². The highest BCUT2D eigenvalue weighted by atomic mass is 35.5. The van der Waals surface area contributed by atoms with Crippen LogP contribution in [0.3, 0.4) is 0 Å². The van der Waals surface area contributed by atoms with Crippen LogP contribution in [-0.4, -0.2) is 26.1 Å². The molecule has 0 rings (SSSR count). The predicted molar refractivity (Wildman–Crippen MR) is 47.5 cm³/mol. The minimum absolute atomic E-state index is 0.390. The van der Waals surface area contributed by atoms with Gasteiger partial charge in [0.2, 0.25) is 0 Å². The van der Waals surface area contributed by atoms with Gasteiger partial charge in [-0.1, -0.05) is 0 Å². The van der Waals surface area contributed by atoms with Crippen LogP contribution in [0.2, 0.25) is 0 Å². The van der Waals surface area contributed by atoms with E-state index in [2.05, 4.69) is 0 Å². The molecule has 0 aliphatic heterocycles. The molecule has 13 heavy (non-hydrogen) atoms. The molecule has 0 saturated carbocycles. The summed E-state index contributed by atoms with van der Waals surface area (Å²) in [5.41, 5.74) is 0. The Labute approximate surface area is 81.5 Å². The van der Waals surface area contributed by atoms with E-state index in [4.69, 9.17) is 11.6 Å². The number of sulfonamides is 1. The summed E-state index contributed by atoms with van der Waals surface area (Å²) >= 11 is 5.35. The van der Waals surface area contributed by atoms with Crippen molar-refractivity contribution in [1.29, 1.82) is 0 Å². The zero-order valence-corrected chi connectivity index (χ0v) is 8.71. The Morgan fingerprint density at radius 2 is 2.00 bits per heavy atom. The van der Waals surface area contributed by atoms with Crippen LogP contribution in [0.4, 0.5) is 8.78 Å². The number of nitrogens with one attached hydrogen (secondary N) is 1. The molecular weight excluding hydrogens is 224 g/mol. The lowest BCUT2D eigenvalue weighted by Gasteiger charge is -2.12. The number of rotatable bonds is 6. The summed E-state index contributed by atoms with van der Waals surface area (Å²) < 4.78 is 46.7. The fraction of sp³-hybridized carbons (Fsp3) is 1.00. The average Bonchev–Trinajstić information content (AvgIpc) is 1.99. The van der Waals surface area contributed by atoms with Gasteiger partial charge in [-0.15, -0.1) is 11.6 Å². The van der Waals surface area contributed by atoms with Crippen LogP contribution in [0.5, 0.6) is 0 Å². The van der Waals surface area contributed by atoms with Gasteiger partial charge in [0.25, 0.3) is 10.0 Å². The topological polar surface area (TPSA) is 46.2 Å². The number of hydrogen-bond donors (Lipinski definition) is 1. The van der Waals surface area contributed by atoms with Crippen molar-refractivity contribution < 1.29 is 17.2 Å². The second-order valence-corrected chi connectivity index (χ2v) is 4.72. The maximum Gasteiger partial charge on any atom is 0.350 e. The van der Waals surface area contributed by atoms with Crippen LogP contribution in [0.1, 0.15) is 19.8 Å². The summed E-state index contributed by atoms with van der Waals surface area (Å²) in [5.74, 6) is -2.98. The maximum absolute atomic E-state index is 11.8. The van der Waals surface area contributed by atoms with Crippen LogP contribution >= 0.6 is 11.6 Å². The molecule has 0 amide bonds. The van der Waals surface area contributed by atoms with E-state index in [0.717, 1.165) is 0 Å². The van der Waals surface area contributed by atoms with Crippen molar-refractivity contribution in [3.63, 3.8) is 0 Å². The van der Waals surface area contributed by atoms with Crippen molar-refractivity contribution in [3.8, 4) is 0 Å². The van der Waals surface area contributed by atoms with Crippen molar-refractivity contribution in [2.45, 2.75) is 31.6 Å². The molecule has 0 saturated heterocycles. The third-order valence-electron chi connectivity index (χ3n) is 1.37. The molecule has 0 radical (unpaired) electrons. The predicted octanol–water partition coefficient (Wildman–Crippen LogP) is 1.54. The second kappa shape index (κ2) is 5.72. The first-order chi connectivity index (χ1) is 5.90. The summed E-state index contributed by atoms with van der Waals surface area (Å²) in [5, 5.41) is 0. The lowest BCUT2D eigenvalue weighted by atomic mass is 10.2. The molecule has 1 N–H and O–H groups in total. The molecule has 0 spiro atoms. The summed E-state index contributed by atoms with van der Waals surface area (Å²) in [7, 11) is -4.45. The van der Waals surface area contributed by atoms with Crippen molar-refractivity contribution in [3.05, 3.63) is 0 Å².